The standard InChI is InChI=1S/C9H11ClFN/c1-6-3-9(11)8(10)4-7(6)5-12-2/h3-4,12H,5H2,1-2H3. The summed E-state index contributed by atoms with van der Waals surface area (Å²) >= 11 is 5.62. The average Bonchev–Trinajstić information content (AvgIpc) is 2.01. The average molecular weight is 188 g/mol. The maximum atomic E-state index is 12.8. The lowest BCUT2D eigenvalue weighted by molar-refractivity contribution is 0.625. The first-order chi connectivity index (χ1) is 5.65. The minimum absolute atomic E-state index is 0.186. The predicted molar refractivity (Wildman–Crippen MR) is 48.9 cm³/mol. The van der Waals surface area contributed by atoms with Gasteiger partial charge in [-0.15, -0.1) is 0 Å². The van der Waals surface area contributed by atoms with E-state index >= 15 is 0 Å². The van der Waals surface area contributed by atoms with E-state index in [4.69, 9.17) is 11.6 Å². The van der Waals surface area contributed by atoms with Crippen LogP contribution in [0.25, 0.3) is 0 Å². The van der Waals surface area contributed by atoms with E-state index in [9.17, 15) is 4.39 Å². The van der Waals surface area contributed by atoms with Crippen LogP contribution >= 0.6 is 11.6 Å². The highest BCUT2D eigenvalue weighted by molar-refractivity contribution is 6.30. The second kappa shape index (κ2) is 3.87. The molecule has 0 saturated heterocycles. The number of hydrogen-bond acceptors (Lipinski definition) is 1. The SMILES string of the molecule is CNCc1cc(Cl)c(F)cc1C. The molecule has 0 bridgehead atoms. The van der Waals surface area contributed by atoms with Crippen molar-refractivity contribution in [2.75, 3.05) is 7.05 Å². The van der Waals surface area contributed by atoms with Gasteiger partial charge in [0.25, 0.3) is 0 Å². The Morgan fingerprint density at radius 2 is 2.17 bits per heavy atom. The Morgan fingerprint density at radius 1 is 1.50 bits per heavy atom. The van der Waals surface area contributed by atoms with Crippen molar-refractivity contribution in [2.45, 2.75) is 13.5 Å². The number of nitrogens with one attached hydrogen (secondary N) is 1. The van der Waals surface area contributed by atoms with Crippen molar-refractivity contribution < 1.29 is 4.39 Å². The Hall–Kier alpha value is -0.600. The zero-order valence-electron chi connectivity index (χ0n) is 7.12. The molecule has 0 fully saturated rings. The third-order valence-electron chi connectivity index (χ3n) is 1.75. The molecule has 0 heterocycles. The van der Waals surface area contributed by atoms with Gasteiger partial charge in [0.05, 0.1) is 5.02 Å². The summed E-state index contributed by atoms with van der Waals surface area (Å²) in [5.74, 6) is -0.353. The fourth-order valence-electron chi connectivity index (χ4n) is 1.07. The molecule has 0 aromatic heterocycles. The van der Waals surface area contributed by atoms with E-state index in [1.165, 1.54) is 6.07 Å². The van der Waals surface area contributed by atoms with E-state index in [1.54, 1.807) is 6.07 Å². The molecule has 0 amide bonds. The molecule has 0 unspecified atom stereocenters. The lowest BCUT2D eigenvalue weighted by Crippen LogP contribution is -2.06. The first kappa shape index (κ1) is 9.49. The molecule has 0 aliphatic heterocycles. The summed E-state index contributed by atoms with van der Waals surface area (Å²) in [6, 6.07) is 3.11. The largest absolute Gasteiger partial charge is 0.316 e. The summed E-state index contributed by atoms with van der Waals surface area (Å²) < 4.78 is 12.8. The van der Waals surface area contributed by atoms with Crippen molar-refractivity contribution in [2.24, 2.45) is 0 Å². The third kappa shape index (κ3) is 1.96. The highest BCUT2D eigenvalue weighted by Gasteiger charge is 2.03. The smallest absolute Gasteiger partial charge is 0.142 e. The maximum absolute atomic E-state index is 12.8. The molecule has 0 radical (unpaired) electrons. The van der Waals surface area contributed by atoms with Crippen molar-refractivity contribution in [1.29, 1.82) is 0 Å². The molecule has 0 saturated carbocycles. The van der Waals surface area contributed by atoms with Crippen LogP contribution in [0.2, 0.25) is 5.02 Å². The molecule has 12 heavy (non-hydrogen) atoms. The summed E-state index contributed by atoms with van der Waals surface area (Å²) in [6.45, 7) is 2.58. The topological polar surface area (TPSA) is 12.0 Å². The second-order valence-electron chi connectivity index (χ2n) is 2.72. The third-order valence-corrected chi connectivity index (χ3v) is 2.04. The highest BCUT2D eigenvalue weighted by atomic mass is 35.5. The molecule has 66 valence electrons. The molecule has 1 rings (SSSR count). The van der Waals surface area contributed by atoms with Gasteiger partial charge in [0.2, 0.25) is 0 Å². The van der Waals surface area contributed by atoms with Crippen LogP contribution in [0.3, 0.4) is 0 Å². The number of rotatable bonds is 2. The molecule has 1 aromatic rings. The zero-order chi connectivity index (χ0) is 9.14. The first-order valence-corrected chi connectivity index (χ1v) is 4.12. The van der Waals surface area contributed by atoms with Crippen LogP contribution in [0.5, 0.6) is 0 Å². The number of halogens is 2. The second-order valence-corrected chi connectivity index (χ2v) is 3.13. The van der Waals surface area contributed by atoms with Crippen molar-refractivity contribution >= 4 is 11.6 Å². The molecular weight excluding hydrogens is 177 g/mol. The Kier molecular flexibility index (Phi) is 3.06. The van der Waals surface area contributed by atoms with E-state index in [2.05, 4.69) is 5.32 Å². The van der Waals surface area contributed by atoms with Gasteiger partial charge in [-0.05, 0) is 37.2 Å². The van der Waals surface area contributed by atoms with Gasteiger partial charge in [-0.1, -0.05) is 11.6 Å². The first-order valence-electron chi connectivity index (χ1n) is 3.74. The summed E-state index contributed by atoms with van der Waals surface area (Å²) in [5, 5.41) is 3.18. The van der Waals surface area contributed by atoms with Crippen LogP contribution in [-0.2, 0) is 6.54 Å². The van der Waals surface area contributed by atoms with Crippen LogP contribution in [0, 0.1) is 12.7 Å². The number of hydrogen-bond donors (Lipinski definition) is 1. The molecule has 0 atom stereocenters. The maximum Gasteiger partial charge on any atom is 0.142 e. The Labute approximate surface area is 76.5 Å². The van der Waals surface area contributed by atoms with Crippen LogP contribution in [0.1, 0.15) is 11.1 Å². The molecular formula is C9H11ClFN. The summed E-state index contributed by atoms with van der Waals surface area (Å²) in [6.07, 6.45) is 0. The van der Waals surface area contributed by atoms with Gasteiger partial charge < -0.3 is 5.32 Å². The monoisotopic (exact) mass is 187 g/mol. The van der Waals surface area contributed by atoms with Gasteiger partial charge in [-0.2, -0.15) is 0 Å². The lowest BCUT2D eigenvalue weighted by atomic mass is 10.1. The van der Waals surface area contributed by atoms with Crippen molar-refractivity contribution in [3.05, 3.63) is 34.1 Å². The van der Waals surface area contributed by atoms with Crippen molar-refractivity contribution in [1.82, 2.24) is 5.32 Å². The van der Waals surface area contributed by atoms with E-state index in [1.807, 2.05) is 14.0 Å². The number of benzene rings is 1. The molecule has 0 aliphatic carbocycles. The van der Waals surface area contributed by atoms with Crippen molar-refractivity contribution in [3.8, 4) is 0 Å². The van der Waals surface area contributed by atoms with Crippen LogP contribution < -0.4 is 5.32 Å². The van der Waals surface area contributed by atoms with Gasteiger partial charge in [0.1, 0.15) is 5.82 Å². The van der Waals surface area contributed by atoms with Crippen LogP contribution in [0.15, 0.2) is 12.1 Å². The molecule has 1 aromatic carbocycles. The minimum Gasteiger partial charge on any atom is -0.316 e. The van der Waals surface area contributed by atoms with Crippen LogP contribution in [-0.4, -0.2) is 7.05 Å². The zero-order valence-corrected chi connectivity index (χ0v) is 7.87. The van der Waals surface area contributed by atoms with Crippen molar-refractivity contribution in [3.63, 3.8) is 0 Å². The lowest BCUT2D eigenvalue weighted by Gasteiger charge is -2.05. The summed E-state index contributed by atoms with van der Waals surface area (Å²) in [4.78, 5) is 0. The quantitative estimate of drug-likeness (QED) is 0.750. The predicted octanol–water partition coefficient (Wildman–Crippen LogP) is 2.51. The van der Waals surface area contributed by atoms with E-state index in [0.717, 1.165) is 11.1 Å². The number of aryl methyl sites for hydroxylation is 1. The van der Waals surface area contributed by atoms with Crippen LogP contribution in [0.4, 0.5) is 4.39 Å². The summed E-state index contributed by atoms with van der Waals surface area (Å²) in [7, 11) is 1.84. The Balaban J connectivity index is 3.05. The van der Waals surface area contributed by atoms with Gasteiger partial charge >= 0.3 is 0 Å². The molecule has 1 nitrogen and oxygen atoms in total. The Bertz CT molecular complexity index is 286. The van der Waals surface area contributed by atoms with Gasteiger partial charge in [0, 0.05) is 6.54 Å². The molecule has 3 heteroatoms. The van der Waals surface area contributed by atoms with Gasteiger partial charge in [0.15, 0.2) is 0 Å². The Morgan fingerprint density at radius 3 is 2.75 bits per heavy atom. The highest BCUT2D eigenvalue weighted by Crippen LogP contribution is 2.19. The molecule has 1 N–H and O–H groups in total. The fraction of sp³-hybridized carbons (Fsp3) is 0.333. The van der Waals surface area contributed by atoms with E-state index < -0.39 is 0 Å². The van der Waals surface area contributed by atoms with E-state index in [-0.39, 0.29) is 10.8 Å². The fourth-order valence-corrected chi connectivity index (χ4v) is 1.25. The normalized spacial score (nSPS) is 10.3. The molecule has 0 aliphatic rings. The van der Waals surface area contributed by atoms with Gasteiger partial charge in [-0.25, -0.2) is 4.39 Å². The van der Waals surface area contributed by atoms with Gasteiger partial charge in [-0.3, -0.25) is 0 Å². The summed E-state index contributed by atoms with van der Waals surface area (Å²) in [5.41, 5.74) is 1.95. The van der Waals surface area contributed by atoms with E-state index in [0.29, 0.717) is 6.54 Å². The molecule has 0 spiro atoms. The minimum atomic E-state index is -0.353.